The van der Waals surface area contributed by atoms with Crippen LogP contribution in [0.5, 0.6) is 5.75 Å². The Hall–Kier alpha value is -1.57. The number of benzene rings is 1. The van der Waals surface area contributed by atoms with Crippen LogP contribution in [-0.4, -0.2) is 5.97 Å². The summed E-state index contributed by atoms with van der Waals surface area (Å²) in [5.74, 6) is 0.260. The molecule has 0 bridgehead atoms. The molecule has 1 aromatic carbocycles. The van der Waals surface area contributed by atoms with Gasteiger partial charge in [-0.05, 0) is 18.6 Å². The molecule has 0 amide bonds. The minimum Gasteiger partial charge on any atom is -0.426 e. The minimum absolute atomic E-state index is 0.311. The summed E-state index contributed by atoms with van der Waals surface area (Å²) in [5, 5.41) is 0. The molecule has 0 radical (unpaired) electrons. The third kappa shape index (κ3) is 4.45. The molecule has 0 aliphatic heterocycles. The van der Waals surface area contributed by atoms with Crippen molar-refractivity contribution >= 4 is 12.0 Å². The Morgan fingerprint density at radius 1 is 1.40 bits per heavy atom. The molecule has 0 unspecified atom stereocenters. The van der Waals surface area contributed by atoms with E-state index in [1.807, 2.05) is 39.0 Å². The summed E-state index contributed by atoms with van der Waals surface area (Å²) in [6.45, 7) is 11.0. The van der Waals surface area contributed by atoms with Gasteiger partial charge in [0.15, 0.2) is 0 Å². The molecule has 0 saturated carbocycles. The van der Waals surface area contributed by atoms with Crippen LogP contribution in [-0.2, 0) is 4.79 Å². The Bertz CT molecular complexity index is 340. The van der Waals surface area contributed by atoms with Crippen LogP contribution in [0, 0.1) is 6.92 Å². The standard InChI is InChI=1S/C11H12O2.C2H6/c1-4-10-6-5-8(2)7-11(10)13-9(3)12;1-2/h4-7H,1H2,2-3H3;1-2H3. The van der Waals surface area contributed by atoms with Crippen LogP contribution >= 0.6 is 0 Å². The molecular weight excluding hydrogens is 188 g/mol. The lowest BCUT2D eigenvalue weighted by Crippen LogP contribution is -2.02. The van der Waals surface area contributed by atoms with Gasteiger partial charge in [-0.15, -0.1) is 0 Å². The van der Waals surface area contributed by atoms with Crippen molar-refractivity contribution in [1.82, 2.24) is 0 Å². The number of rotatable bonds is 2. The van der Waals surface area contributed by atoms with E-state index < -0.39 is 0 Å². The van der Waals surface area contributed by atoms with Crippen molar-refractivity contribution < 1.29 is 9.53 Å². The van der Waals surface area contributed by atoms with Crippen LogP contribution in [0.3, 0.4) is 0 Å². The average Bonchev–Trinajstić information content (AvgIpc) is 2.20. The lowest BCUT2D eigenvalue weighted by Gasteiger charge is -2.05. The fourth-order valence-electron chi connectivity index (χ4n) is 1.05. The highest BCUT2D eigenvalue weighted by Crippen LogP contribution is 2.21. The smallest absolute Gasteiger partial charge is 0.308 e. The lowest BCUT2D eigenvalue weighted by molar-refractivity contribution is -0.131. The van der Waals surface area contributed by atoms with Gasteiger partial charge in [-0.2, -0.15) is 0 Å². The molecule has 0 aliphatic rings. The molecule has 0 aromatic heterocycles. The summed E-state index contributed by atoms with van der Waals surface area (Å²) >= 11 is 0. The van der Waals surface area contributed by atoms with E-state index in [2.05, 4.69) is 6.58 Å². The molecule has 0 aliphatic carbocycles. The van der Waals surface area contributed by atoms with Crippen molar-refractivity contribution in [2.24, 2.45) is 0 Å². The van der Waals surface area contributed by atoms with Crippen LogP contribution in [0.25, 0.3) is 6.08 Å². The first kappa shape index (κ1) is 13.4. The van der Waals surface area contributed by atoms with Gasteiger partial charge in [-0.25, -0.2) is 0 Å². The maximum absolute atomic E-state index is 10.7. The van der Waals surface area contributed by atoms with Crippen LogP contribution in [0.15, 0.2) is 24.8 Å². The third-order valence-corrected chi connectivity index (χ3v) is 1.64. The van der Waals surface area contributed by atoms with Gasteiger partial charge in [0.05, 0.1) is 0 Å². The number of aryl methyl sites for hydroxylation is 1. The highest BCUT2D eigenvalue weighted by molar-refractivity contribution is 5.71. The number of esters is 1. The van der Waals surface area contributed by atoms with E-state index in [0.717, 1.165) is 11.1 Å². The van der Waals surface area contributed by atoms with E-state index in [4.69, 9.17) is 4.74 Å². The summed E-state index contributed by atoms with van der Waals surface area (Å²) in [6, 6.07) is 5.64. The fourth-order valence-corrected chi connectivity index (χ4v) is 1.05. The van der Waals surface area contributed by atoms with Crippen molar-refractivity contribution in [3.63, 3.8) is 0 Å². The SMILES string of the molecule is C=Cc1ccc(C)cc1OC(C)=O.CC. The predicted octanol–water partition coefficient (Wildman–Crippen LogP) is 3.59. The largest absolute Gasteiger partial charge is 0.426 e. The van der Waals surface area contributed by atoms with E-state index in [1.54, 1.807) is 6.08 Å². The average molecular weight is 206 g/mol. The number of ether oxygens (including phenoxy) is 1. The van der Waals surface area contributed by atoms with Crippen molar-refractivity contribution in [3.8, 4) is 5.75 Å². The highest BCUT2D eigenvalue weighted by atomic mass is 16.5. The molecule has 0 spiro atoms. The molecular formula is C13H18O2. The first-order valence-electron chi connectivity index (χ1n) is 5.05. The molecule has 2 nitrogen and oxygen atoms in total. The second kappa shape index (κ2) is 6.82. The molecule has 1 aromatic rings. The Kier molecular flexibility index (Phi) is 6.11. The summed E-state index contributed by atoms with van der Waals surface area (Å²) < 4.78 is 5.01. The number of hydrogen-bond donors (Lipinski definition) is 0. The van der Waals surface area contributed by atoms with E-state index in [9.17, 15) is 4.79 Å². The van der Waals surface area contributed by atoms with Gasteiger partial charge in [0.1, 0.15) is 5.75 Å². The molecule has 1 rings (SSSR count). The van der Waals surface area contributed by atoms with E-state index >= 15 is 0 Å². The zero-order valence-corrected chi connectivity index (χ0v) is 9.83. The molecule has 0 atom stereocenters. The highest BCUT2D eigenvalue weighted by Gasteiger charge is 2.02. The molecule has 82 valence electrons. The Balaban J connectivity index is 0.000000921. The number of carbonyl (C=O) groups is 1. The number of carbonyl (C=O) groups excluding carboxylic acids is 1. The quantitative estimate of drug-likeness (QED) is 0.546. The van der Waals surface area contributed by atoms with Gasteiger partial charge in [0, 0.05) is 12.5 Å². The summed E-state index contributed by atoms with van der Waals surface area (Å²) in [4.78, 5) is 10.7. The van der Waals surface area contributed by atoms with Gasteiger partial charge in [0.2, 0.25) is 0 Å². The maximum atomic E-state index is 10.7. The summed E-state index contributed by atoms with van der Waals surface area (Å²) in [6.07, 6.45) is 1.66. The van der Waals surface area contributed by atoms with Crippen molar-refractivity contribution in [2.45, 2.75) is 27.7 Å². The molecule has 0 fully saturated rings. The van der Waals surface area contributed by atoms with Gasteiger partial charge in [0.25, 0.3) is 0 Å². The summed E-state index contributed by atoms with van der Waals surface area (Å²) in [7, 11) is 0. The minimum atomic E-state index is -0.311. The molecule has 0 heterocycles. The predicted molar refractivity (Wildman–Crippen MR) is 63.9 cm³/mol. The summed E-state index contributed by atoms with van der Waals surface area (Å²) in [5.41, 5.74) is 1.89. The lowest BCUT2D eigenvalue weighted by atomic mass is 10.1. The first-order valence-corrected chi connectivity index (χ1v) is 5.05. The molecule has 15 heavy (non-hydrogen) atoms. The fraction of sp³-hybridized carbons (Fsp3) is 0.308. The van der Waals surface area contributed by atoms with Gasteiger partial charge in [-0.1, -0.05) is 38.6 Å². The van der Waals surface area contributed by atoms with Gasteiger partial charge < -0.3 is 4.74 Å². The molecule has 0 saturated heterocycles. The zero-order chi connectivity index (χ0) is 11.8. The first-order chi connectivity index (χ1) is 7.13. The third-order valence-electron chi connectivity index (χ3n) is 1.64. The van der Waals surface area contributed by atoms with Crippen LogP contribution in [0.4, 0.5) is 0 Å². The normalized spacial score (nSPS) is 8.53. The van der Waals surface area contributed by atoms with Crippen LogP contribution < -0.4 is 4.74 Å². The van der Waals surface area contributed by atoms with Crippen LogP contribution in [0.2, 0.25) is 0 Å². The second-order valence-corrected chi connectivity index (χ2v) is 2.84. The monoisotopic (exact) mass is 206 g/mol. The van der Waals surface area contributed by atoms with Crippen molar-refractivity contribution in [1.29, 1.82) is 0 Å². The van der Waals surface area contributed by atoms with E-state index in [-0.39, 0.29) is 5.97 Å². The Labute approximate surface area is 91.6 Å². The maximum Gasteiger partial charge on any atom is 0.308 e. The molecule has 2 heteroatoms. The van der Waals surface area contributed by atoms with Crippen molar-refractivity contribution in [3.05, 3.63) is 35.9 Å². The van der Waals surface area contributed by atoms with E-state index in [1.165, 1.54) is 6.92 Å². The molecule has 0 N–H and O–H groups in total. The Morgan fingerprint density at radius 3 is 2.47 bits per heavy atom. The number of hydrogen-bond acceptors (Lipinski definition) is 2. The second-order valence-electron chi connectivity index (χ2n) is 2.84. The zero-order valence-electron chi connectivity index (χ0n) is 9.83. The topological polar surface area (TPSA) is 26.3 Å². The van der Waals surface area contributed by atoms with Crippen molar-refractivity contribution in [2.75, 3.05) is 0 Å². The van der Waals surface area contributed by atoms with Gasteiger partial charge >= 0.3 is 5.97 Å². The van der Waals surface area contributed by atoms with Crippen LogP contribution in [0.1, 0.15) is 31.9 Å². The van der Waals surface area contributed by atoms with Gasteiger partial charge in [-0.3, -0.25) is 4.79 Å². The van der Waals surface area contributed by atoms with E-state index in [0.29, 0.717) is 5.75 Å². The Morgan fingerprint density at radius 2 is 2.00 bits per heavy atom.